The van der Waals surface area contributed by atoms with Crippen LogP contribution in [0.5, 0.6) is 0 Å². The Bertz CT molecular complexity index is 1390. The molecular weight excluding hydrogens is 445 g/mol. The molecule has 2 atom stereocenters. The molecule has 0 spiro atoms. The van der Waals surface area contributed by atoms with Gasteiger partial charge < -0.3 is 9.88 Å². The zero-order valence-electron chi connectivity index (χ0n) is 17.6. The highest BCUT2D eigenvalue weighted by Gasteiger charge is 2.39. The number of piperidine rings is 1. The van der Waals surface area contributed by atoms with Gasteiger partial charge in [-0.15, -0.1) is 0 Å². The average molecular weight is 468 g/mol. The van der Waals surface area contributed by atoms with Crippen LogP contribution in [0.3, 0.4) is 0 Å². The van der Waals surface area contributed by atoms with Crippen molar-refractivity contribution in [2.45, 2.75) is 23.8 Å². The molecule has 170 valence electrons. The molecule has 2 aromatic carbocycles. The predicted octanol–water partition coefficient (Wildman–Crippen LogP) is 3.05. The number of sulfonamides is 1. The number of aromatic nitrogens is 1. The molecule has 2 aliphatic rings. The van der Waals surface area contributed by atoms with Gasteiger partial charge in [0.05, 0.1) is 4.90 Å². The molecule has 0 radical (unpaired) electrons. The minimum atomic E-state index is -3.74. The highest BCUT2D eigenvalue weighted by atomic mass is 32.2. The fourth-order valence-corrected chi connectivity index (χ4v) is 6.30. The van der Waals surface area contributed by atoms with E-state index in [1.54, 1.807) is 10.6 Å². The normalized spacial score (nSPS) is 20.2. The van der Waals surface area contributed by atoms with Crippen LogP contribution in [0, 0.1) is 11.7 Å². The standard InChI is InChI=1S/C24H22FN3O4S/c25-19-4-1-3-17(12-19)24(30)26-20-7-9-21(10-8-20)33(31,32)27-13-16-11-18(15-27)22-5-2-6-23(29)28(22)14-16/h1-10,12,16,18H,11,13-15H2,(H,26,30). The van der Waals surface area contributed by atoms with Crippen molar-refractivity contribution in [3.05, 3.63) is 94.2 Å². The van der Waals surface area contributed by atoms with Crippen LogP contribution in [0.2, 0.25) is 0 Å². The van der Waals surface area contributed by atoms with E-state index >= 15 is 0 Å². The summed E-state index contributed by atoms with van der Waals surface area (Å²) in [6.45, 7) is 1.20. The summed E-state index contributed by atoms with van der Waals surface area (Å²) in [6, 6.07) is 16.4. The summed E-state index contributed by atoms with van der Waals surface area (Å²) in [7, 11) is -3.74. The predicted molar refractivity (Wildman–Crippen MR) is 121 cm³/mol. The van der Waals surface area contributed by atoms with Gasteiger partial charge in [0.15, 0.2) is 0 Å². The molecule has 1 saturated heterocycles. The highest BCUT2D eigenvalue weighted by molar-refractivity contribution is 7.89. The first-order valence-corrected chi connectivity index (χ1v) is 12.1. The van der Waals surface area contributed by atoms with Crippen molar-refractivity contribution < 1.29 is 17.6 Å². The highest BCUT2D eigenvalue weighted by Crippen LogP contribution is 2.37. The number of hydrogen-bond donors (Lipinski definition) is 1. The fourth-order valence-electron chi connectivity index (χ4n) is 4.74. The fraction of sp³-hybridized carbons (Fsp3) is 0.250. The van der Waals surface area contributed by atoms with Crippen LogP contribution in [-0.2, 0) is 16.6 Å². The van der Waals surface area contributed by atoms with Crippen molar-refractivity contribution >= 4 is 21.6 Å². The van der Waals surface area contributed by atoms with Crippen molar-refractivity contribution in [2.24, 2.45) is 5.92 Å². The maximum atomic E-state index is 13.3. The summed E-state index contributed by atoms with van der Waals surface area (Å²) < 4.78 is 43.2. The van der Waals surface area contributed by atoms with Crippen LogP contribution in [0.25, 0.3) is 0 Å². The van der Waals surface area contributed by atoms with Crippen LogP contribution in [0.15, 0.2) is 76.4 Å². The molecule has 33 heavy (non-hydrogen) atoms. The lowest BCUT2D eigenvalue weighted by Gasteiger charge is -2.42. The van der Waals surface area contributed by atoms with E-state index in [1.807, 2.05) is 6.07 Å². The van der Waals surface area contributed by atoms with Crippen molar-refractivity contribution in [3.8, 4) is 0 Å². The number of anilines is 1. The van der Waals surface area contributed by atoms with Gasteiger partial charge in [-0.2, -0.15) is 4.31 Å². The number of carbonyl (C=O) groups excluding carboxylic acids is 1. The van der Waals surface area contributed by atoms with E-state index in [0.29, 0.717) is 25.3 Å². The van der Waals surface area contributed by atoms with E-state index in [4.69, 9.17) is 0 Å². The van der Waals surface area contributed by atoms with Gasteiger partial charge in [0, 0.05) is 48.6 Å². The second-order valence-corrected chi connectivity index (χ2v) is 10.4. The number of carbonyl (C=O) groups is 1. The van der Waals surface area contributed by atoms with Crippen molar-refractivity contribution in [3.63, 3.8) is 0 Å². The lowest BCUT2D eigenvalue weighted by Crippen LogP contribution is -2.48. The molecule has 1 N–H and O–H groups in total. The van der Waals surface area contributed by atoms with E-state index in [2.05, 4.69) is 5.32 Å². The number of hydrogen-bond acceptors (Lipinski definition) is 4. The molecule has 3 aromatic rings. The number of fused-ring (bicyclic) bond motifs is 4. The van der Waals surface area contributed by atoms with Gasteiger partial charge in [-0.1, -0.05) is 12.1 Å². The number of amides is 1. The first kappa shape index (κ1) is 21.5. The zero-order chi connectivity index (χ0) is 23.2. The zero-order valence-corrected chi connectivity index (χ0v) is 18.5. The SMILES string of the molecule is O=C(Nc1ccc(S(=O)(=O)N2CC3CC(C2)c2cccc(=O)n2C3)cc1)c1cccc(F)c1. The Hall–Kier alpha value is -3.30. The third-order valence-electron chi connectivity index (χ3n) is 6.28. The monoisotopic (exact) mass is 467 g/mol. The van der Waals surface area contributed by atoms with Crippen LogP contribution >= 0.6 is 0 Å². The largest absolute Gasteiger partial charge is 0.322 e. The first-order valence-electron chi connectivity index (χ1n) is 10.7. The average Bonchev–Trinajstić information content (AvgIpc) is 2.80. The van der Waals surface area contributed by atoms with E-state index in [-0.39, 0.29) is 27.9 Å². The summed E-state index contributed by atoms with van der Waals surface area (Å²) in [4.78, 5) is 24.6. The molecule has 0 aliphatic carbocycles. The van der Waals surface area contributed by atoms with Gasteiger partial charge in [0.25, 0.3) is 11.5 Å². The molecule has 9 heteroatoms. The van der Waals surface area contributed by atoms with Crippen molar-refractivity contribution in [1.82, 2.24) is 8.87 Å². The van der Waals surface area contributed by atoms with E-state index in [0.717, 1.165) is 18.2 Å². The van der Waals surface area contributed by atoms with Crippen LogP contribution in [-0.4, -0.2) is 36.3 Å². The molecule has 2 unspecified atom stereocenters. The number of benzene rings is 2. The molecular formula is C24H22FN3O4S. The van der Waals surface area contributed by atoms with E-state index in [1.165, 1.54) is 52.8 Å². The van der Waals surface area contributed by atoms with Gasteiger partial charge >= 0.3 is 0 Å². The first-order chi connectivity index (χ1) is 15.8. The second-order valence-electron chi connectivity index (χ2n) is 8.51. The molecule has 2 aliphatic heterocycles. The van der Waals surface area contributed by atoms with Crippen LogP contribution in [0.4, 0.5) is 10.1 Å². The lowest BCUT2D eigenvalue weighted by molar-refractivity contribution is 0.102. The quantitative estimate of drug-likeness (QED) is 0.639. The van der Waals surface area contributed by atoms with Gasteiger partial charge in [0.1, 0.15) is 5.82 Å². The maximum Gasteiger partial charge on any atom is 0.255 e. The molecule has 3 heterocycles. The summed E-state index contributed by atoms with van der Waals surface area (Å²) in [5, 5.41) is 2.65. The summed E-state index contributed by atoms with van der Waals surface area (Å²) >= 11 is 0. The second kappa shape index (κ2) is 8.24. The smallest absolute Gasteiger partial charge is 0.255 e. The molecule has 1 fully saturated rings. The van der Waals surface area contributed by atoms with Gasteiger partial charge in [-0.3, -0.25) is 9.59 Å². The summed E-state index contributed by atoms with van der Waals surface area (Å²) in [5.74, 6) is -0.937. The van der Waals surface area contributed by atoms with Gasteiger partial charge in [-0.25, -0.2) is 12.8 Å². The topological polar surface area (TPSA) is 88.5 Å². The maximum absolute atomic E-state index is 13.3. The Balaban J connectivity index is 1.33. The molecule has 2 bridgehead atoms. The molecule has 7 nitrogen and oxygen atoms in total. The Kier molecular flexibility index (Phi) is 5.38. The number of rotatable bonds is 4. The van der Waals surface area contributed by atoms with Crippen molar-refractivity contribution in [1.29, 1.82) is 0 Å². The lowest BCUT2D eigenvalue weighted by atomic mass is 9.84. The Morgan fingerprint density at radius 1 is 0.970 bits per heavy atom. The third-order valence-corrected chi connectivity index (χ3v) is 8.13. The Labute approximate surface area is 190 Å². The summed E-state index contributed by atoms with van der Waals surface area (Å²) in [6.07, 6.45) is 0.862. The Morgan fingerprint density at radius 2 is 1.73 bits per heavy atom. The third kappa shape index (κ3) is 4.09. The number of nitrogens with zero attached hydrogens (tertiary/aromatic N) is 2. The van der Waals surface area contributed by atoms with Crippen LogP contribution < -0.4 is 10.9 Å². The van der Waals surface area contributed by atoms with Gasteiger partial charge in [0.2, 0.25) is 10.0 Å². The molecule has 1 amide bonds. The minimum absolute atomic E-state index is 0.0222. The van der Waals surface area contributed by atoms with Gasteiger partial charge in [-0.05, 0) is 60.9 Å². The molecule has 1 aromatic heterocycles. The van der Waals surface area contributed by atoms with Crippen LogP contribution in [0.1, 0.15) is 28.4 Å². The Morgan fingerprint density at radius 3 is 2.48 bits per heavy atom. The van der Waals surface area contributed by atoms with E-state index in [9.17, 15) is 22.4 Å². The number of halogens is 1. The van der Waals surface area contributed by atoms with Crippen molar-refractivity contribution in [2.75, 3.05) is 18.4 Å². The van der Waals surface area contributed by atoms with E-state index < -0.39 is 21.7 Å². The number of pyridine rings is 1. The summed E-state index contributed by atoms with van der Waals surface area (Å²) in [5.41, 5.74) is 1.42. The molecule has 5 rings (SSSR count). The number of nitrogens with one attached hydrogen (secondary N) is 1. The molecule has 0 saturated carbocycles. The minimum Gasteiger partial charge on any atom is -0.322 e.